The topological polar surface area (TPSA) is 116 Å². The van der Waals surface area contributed by atoms with E-state index in [-0.39, 0.29) is 28.7 Å². The maximum atomic E-state index is 12.6. The lowest BCUT2D eigenvalue weighted by Gasteiger charge is -2.14. The molecule has 0 spiro atoms. The van der Waals surface area contributed by atoms with Gasteiger partial charge in [0, 0.05) is 24.3 Å². The fourth-order valence-corrected chi connectivity index (χ4v) is 3.43. The van der Waals surface area contributed by atoms with Crippen molar-refractivity contribution < 1.29 is 14.7 Å². The van der Waals surface area contributed by atoms with Crippen LogP contribution in [0.25, 0.3) is 5.76 Å². The van der Waals surface area contributed by atoms with Gasteiger partial charge in [0.15, 0.2) is 10.9 Å². The molecule has 8 heteroatoms. The van der Waals surface area contributed by atoms with E-state index in [1.54, 1.807) is 0 Å². The zero-order chi connectivity index (χ0) is 17.3. The number of allylic oxidation sites excluding steroid dienone is 1. The summed E-state index contributed by atoms with van der Waals surface area (Å²) in [5.74, 6) is -0.686. The molecule has 0 bridgehead atoms. The number of rotatable bonds is 3. The molecule has 0 saturated heterocycles. The van der Waals surface area contributed by atoms with Gasteiger partial charge in [-0.25, -0.2) is 9.97 Å². The van der Waals surface area contributed by atoms with Gasteiger partial charge in [0.1, 0.15) is 17.5 Å². The summed E-state index contributed by atoms with van der Waals surface area (Å²) >= 11 is 1.13. The number of nitrogens with zero attached hydrogens (tertiary/aromatic N) is 3. The number of aryl methyl sites for hydroxylation is 1. The van der Waals surface area contributed by atoms with Gasteiger partial charge in [-0.05, 0) is 25.0 Å². The van der Waals surface area contributed by atoms with Gasteiger partial charge in [-0.3, -0.25) is 9.59 Å². The Kier molecular flexibility index (Phi) is 4.10. The molecule has 3 rings (SSSR count). The second kappa shape index (κ2) is 6.22. The number of carbonyl (C=O) groups excluding carboxylic acids is 2. The largest absolute Gasteiger partial charge is 0.506 e. The number of Topliss-reactive ketones (excluding diaryl/α,β-unsaturated/α-hetero) is 1. The molecule has 2 aromatic rings. The summed E-state index contributed by atoms with van der Waals surface area (Å²) in [5, 5.41) is 22.2. The van der Waals surface area contributed by atoms with E-state index >= 15 is 0 Å². The Bertz CT molecular complexity index is 906. The van der Waals surface area contributed by atoms with E-state index in [9.17, 15) is 14.7 Å². The standard InChI is InChI=1S/C16H12N4O3S/c1-8(21)19-16-20-12-5-4-11(14(23)15(12)24-16)13(22)9-2-3-10(6-17)18-7-9/h2-3,7,23H,4-5H2,1H3,(H,19,20,21). The first-order chi connectivity index (χ1) is 11.5. The summed E-state index contributed by atoms with van der Waals surface area (Å²) in [6.07, 6.45) is 2.17. The Morgan fingerprint density at radius 3 is 2.79 bits per heavy atom. The van der Waals surface area contributed by atoms with Crippen LogP contribution in [0.1, 0.15) is 40.0 Å². The molecular weight excluding hydrogens is 328 g/mol. The third-order valence-corrected chi connectivity index (χ3v) is 4.53. The molecule has 0 unspecified atom stereocenters. The first-order valence-corrected chi connectivity index (χ1v) is 7.92. The number of nitriles is 1. The Morgan fingerprint density at radius 1 is 1.38 bits per heavy atom. The van der Waals surface area contributed by atoms with Gasteiger partial charge in [0.05, 0.1) is 10.6 Å². The smallest absolute Gasteiger partial charge is 0.223 e. The lowest BCUT2D eigenvalue weighted by atomic mass is 9.93. The van der Waals surface area contributed by atoms with Crippen molar-refractivity contribution in [3.05, 3.63) is 45.7 Å². The van der Waals surface area contributed by atoms with E-state index in [1.165, 1.54) is 25.3 Å². The number of hydrogen-bond acceptors (Lipinski definition) is 7. The highest BCUT2D eigenvalue weighted by molar-refractivity contribution is 7.16. The summed E-state index contributed by atoms with van der Waals surface area (Å²) in [6, 6.07) is 4.86. The maximum Gasteiger partial charge on any atom is 0.223 e. The number of carbonyl (C=O) groups is 2. The third-order valence-electron chi connectivity index (χ3n) is 3.51. The summed E-state index contributed by atoms with van der Waals surface area (Å²) in [6.45, 7) is 1.38. The van der Waals surface area contributed by atoms with Crippen LogP contribution in [0.2, 0.25) is 0 Å². The average Bonchev–Trinajstić information content (AvgIpc) is 2.97. The quantitative estimate of drug-likeness (QED) is 0.829. The van der Waals surface area contributed by atoms with Crippen LogP contribution in [-0.2, 0) is 11.2 Å². The lowest BCUT2D eigenvalue weighted by Crippen LogP contribution is -2.12. The van der Waals surface area contributed by atoms with E-state index < -0.39 is 0 Å². The minimum atomic E-state index is -0.329. The number of pyridine rings is 1. The Morgan fingerprint density at radius 2 is 2.17 bits per heavy atom. The number of nitrogens with one attached hydrogen (secondary N) is 1. The number of fused-ring (bicyclic) bond motifs is 1. The zero-order valence-electron chi connectivity index (χ0n) is 12.7. The second-order valence-corrected chi connectivity index (χ2v) is 6.18. The molecule has 0 atom stereocenters. The minimum absolute atomic E-state index is 0.111. The molecular formula is C16H12N4O3S. The summed E-state index contributed by atoms with van der Waals surface area (Å²) < 4.78 is 0. The van der Waals surface area contributed by atoms with Gasteiger partial charge in [-0.2, -0.15) is 5.26 Å². The van der Waals surface area contributed by atoms with Crippen LogP contribution in [0.5, 0.6) is 0 Å². The monoisotopic (exact) mass is 340 g/mol. The SMILES string of the molecule is CC(=O)Nc1nc2c(s1)C(O)=C(C(=O)c1ccc(C#N)nc1)CC2. The molecule has 24 heavy (non-hydrogen) atoms. The fourth-order valence-electron chi connectivity index (χ4n) is 2.40. The van der Waals surface area contributed by atoms with Crippen LogP contribution in [-0.4, -0.2) is 26.8 Å². The van der Waals surface area contributed by atoms with Crippen molar-refractivity contribution in [2.75, 3.05) is 5.32 Å². The van der Waals surface area contributed by atoms with Gasteiger partial charge >= 0.3 is 0 Å². The highest BCUT2D eigenvalue weighted by atomic mass is 32.1. The van der Waals surface area contributed by atoms with Gasteiger partial charge in [0.25, 0.3) is 0 Å². The molecule has 0 radical (unpaired) electrons. The van der Waals surface area contributed by atoms with Crippen LogP contribution < -0.4 is 5.32 Å². The lowest BCUT2D eigenvalue weighted by molar-refractivity contribution is -0.114. The molecule has 0 saturated carbocycles. The molecule has 1 amide bonds. The van der Waals surface area contributed by atoms with Crippen LogP contribution in [0.15, 0.2) is 23.9 Å². The van der Waals surface area contributed by atoms with Crippen molar-refractivity contribution in [1.82, 2.24) is 9.97 Å². The van der Waals surface area contributed by atoms with Gasteiger partial charge in [-0.1, -0.05) is 11.3 Å². The first-order valence-electron chi connectivity index (χ1n) is 7.10. The molecule has 2 N–H and O–H groups in total. The second-order valence-electron chi connectivity index (χ2n) is 5.18. The average molecular weight is 340 g/mol. The number of anilines is 1. The van der Waals surface area contributed by atoms with Crippen molar-refractivity contribution in [3.63, 3.8) is 0 Å². The Labute approximate surface area is 141 Å². The molecule has 0 aliphatic heterocycles. The summed E-state index contributed by atoms with van der Waals surface area (Å²) in [7, 11) is 0. The number of thiazole rings is 1. The number of amides is 1. The van der Waals surface area contributed by atoms with Crippen molar-refractivity contribution in [2.45, 2.75) is 19.8 Å². The highest BCUT2D eigenvalue weighted by Gasteiger charge is 2.27. The van der Waals surface area contributed by atoms with Crippen molar-refractivity contribution in [1.29, 1.82) is 5.26 Å². The van der Waals surface area contributed by atoms with Crippen molar-refractivity contribution in [3.8, 4) is 6.07 Å². The Hall–Kier alpha value is -3.05. The zero-order valence-corrected chi connectivity index (χ0v) is 13.5. The van der Waals surface area contributed by atoms with Gasteiger partial charge in [-0.15, -0.1) is 0 Å². The molecule has 0 aromatic carbocycles. The minimum Gasteiger partial charge on any atom is -0.506 e. The molecule has 2 aromatic heterocycles. The number of aliphatic hydroxyl groups is 1. The van der Waals surface area contributed by atoms with E-state index in [1.807, 2.05) is 6.07 Å². The maximum absolute atomic E-state index is 12.6. The van der Waals surface area contributed by atoms with Gasteiger partial charge in [0.2, 0.25) is 5.91 Å². The van der Waals surface area contributed by atoms with Crippen molar-refractivity contribution >= 4 is 33.9 Å². The molecule has 120 valence electrons. The summed E-state index contributed by atoms with van der Waals surface area (Å²) in [4.78, 5) is 32.3. The fraction of sp³-hybridized carbons (Fsp3) is 0.188. The van der Waals surface area contributed by atoms with Crippen LogP contribution in [0.3, 0.4) is 0 Å². The molecule has 1 aliphatic carbocycles. The van der Waals surface area contributed by atoms with E-state index in [2.05, 4.69) is 15.3 Å². The molecule has 1 aliphatic rings. The number of hydrogen-bond donors (Lipinski definition) is 2. The number of aliphatic hydroxyl groups excluding tert-OH is 1. The predicted molar refractivity (Wildman–Crippen MR) is 87.6 cm³/mol. The molecule has 2 heterocycles. The van der Waals surface area contributed by atoms with E-state index in [4.69, 9.17) is 5.26 Å². The van der Waals surface area contributed by atoms with Crippen LogP contribution >= 0.6 is 11.3 Å². The van der Waals surface area contributed by atoms with Crippen molar-refractivity contribution in [2.24, 2.45) is 0 Å². The highest BCUT2D eigenvalue weighted by Crippen LogP contribution is 2.36. The number of ketones is 1. The molecule has 0 fully saturated rings. The van der Waals surface area contributed by atoms with Crippen LogP contribution in [0.4, 0.5) is 5.13 Å². The third kappa shape index (κ3) is 2.89. The normalized spacial score (nSPS) is 13.2. The van der Waals surface area contributed by atoms with E-state index in [0.29, 0.717) is 34.1 Å². The number of aromatic nitrogens is 2. The first kappa shape index (κ1) is 15.8. The van der Waals surface area contributed by atoms with Gasteiger partial charge < -0.3 is 10.4 Å². The predicted octanol–water partition coefficient (Wildman–Crippen LogP) is 2.47. The molecule has 7 nitrogen and oxygen atoms in total. The Balaban J connectivity index is 1.94. The van der Waals surface area contributed by atoms with Crippen LogP contribution in [0, 0.1) is 11.3 Å². The van der Waals surface area contributed by atoms with E-state index in [0.717, 1.165) is 11.3 Å². The summed E-state index contributed by atoms with van der Waals surface area (Å²) in [5.41, 5.74) is 1.48.